The van der Waals surface area contributed by atoms with E-state index >= 15 is 0 Å². The van der Waals surface area contributed by atoms with Crippen LogP contribution in [-0.2, 0) is 34.5 Å². The molecular weight excluding hydrogens is 392 g/mol. The Bertz CT molecular complexity index is 1120. The number of urea groups is 1. The van der Waals surface area contributed by atoms with Gasteiger partial charge in [-0.3, -0.25) is 28.9 Å². The van der Waals surface area contributed by atoms with Crippen LogP contribution in [0.1, 0.15) is 12.0 Å². The van der Waals surface area contributed by atoms with Crippen molar-refractivity contribution in [1.82, 2.24) is 30.0 Å². The average Bonchev–Trinajstić information content (AvgIpc) is 3.12. The lowest BCUT2D eigenvalue weighted by Crippen LogP contribution is -2.41. The first kappa shape index (κ1) is 20.7. The molecule has 0 fully saturated rings. The number of ether oxygens (including phenoxy) is 1. The largest absolute Gasteiger partial charge is 0.456 e. The van der Waals surface area contributed by atoms with Crippen LogP contribution in [0.4, 0.5) is 4.79 Å². The maximum Gasteiger partial charge on any atom is 0.321 e. The highest BCUT2D eigenvalue weighted by Crippen LogP contribution is 2.03. The predicted molar refractivity (Wildman–Crippen MR) is 105 cm³/mol. The van der Waals surface area contributed by atoms with Crippen molar-refractivity contribution in [2.75, 3.05) is 6.61 Å². The van der Waals surface area contributed by atoms with E-state index in [0.29, 0.717) is 11.0 Å². The zero-order valence-electron chi connectivity index (χ0n) is 16.2. The van der Waals surface area contributed by atoms with Gasteiger partial charge in [0.15, 0.2) is 12.3 Å². The van der Waals surface area contributed by atoms with Crippen molar-refractivity contribution in [2.45, 2.75) is 19.5 Å². The molecule has 2 N–H and O–H groups in total. The Morgan fingerprint density at radius 2 is 1.93 bits per heavy atom. The summed E-state index contributed by atoms with van der Waals surface area (Å²) in [5, 5.41) is 8.90. The maximum absolute atomic E-state index is 12.3. The van der Waals surface area contributed by atoms with Crippen LogP contribution in [0.5, 0.6) is 0 Å². The number of carbonyl (C=O) groups excluding carboxylic acids is 3. The molecule has 3 aromatic rings. The maximum atomic E-state index is 12.3. The van der Waals surface area contributed by atoms with Crippen LogP contribution in [0.2, 0.25) is 0 Å². The lowest BCUT2D eigenvalue weighted by molar-refractivity contribution is -0.148. The molecule has 3 amide bonds. The second-order valence-electron chi connectivity index (χ2n) is 6.38. The van der Waals surface area contributed by atoms with Gasteiger partial charge in [0.25, 0.3) is 11.5 Å². The number of amides is 3. The first-order valence-electron chi connectivity index (χ1n) is 9.08. The molecule has 11 heteroatoms. The Morgan fingerprint density at radius 1 is 1.17 bits per heavy atom. The van der Waals surface area contributed by atoms with E-state index < -0.39 is 24.5 Å². The van der Waals surface area contributed by atoms with Crippen molar-refractivity contribution >= 4 is 28.9 Å². The number of aryl methyl sites for hydroxylation is 2. The van der Waals surface area contributed by atoms with Gasteiger partial charge in [0.1, 0.15) is 5.39 Å². The standard InChI is InChI=1S/C19H20N6O5/c1-24-17-14(10-22-24)18(28)25(12-21-17)8-7-16(27)30-11-15(26)23-19(29)20-9-13-5-3-2-4-6-13/h2-6,10,12H,7-9,11H2,1H3,(H2,20,23,26,29). The van der Waals surface area contributed by atoms with Crippen molar-refractivity contribution in [3.8, 4) is 0 Å². The fourth-order valence-corrected chi connectivity index (χ4v) is 2.64. The summed E-state index contributed by atoms with van der Waals surface area (Å²) in [5.74, 6) is -1.45. The summed E-state index contributed by atoms with van der Waals surface area (Å²) in [7, 11) is 1.67. The third-order valence-electron chi connectivity index (χ3n) is 4.19. The highest BCUT2D eigenvalue weighted by atomic mass is 16.5. The minimum atomic E-state index is -0.760. The molecule has 11 nitrogen and oxygen atoms in total. The number of nitrogens with zero attached hydrogens (tertiary/aromatic N) is 4. The Hall–Kier alpha value is -4.02. The number of esters is 1. The molecule has 0 aliphatic heterocycles. The molecular formula is C19H20N6O5. The second-order valence-corrected chi connectivity index (χ2v) is 6.38. The minimum Gasteiger partial charge on any atom is -0.456 e. The van der Waals surface area contributed by atoms with Crippen LogP contribution in [0.3, 0.4) is 0 Å². The van der Waals surface area contributed by atoms with Gasteiger partial charge in [0.2, 0.25) is 0 Å². The molecule has 2 aromatic heterocycles. The molecule has 0 atom stereocenters. The van der Waals surface area contributed by atoms with Crippen molar-refractivity contribution in [3.05, 3.63) is 58.8 Å². The van der Waals surface area contributed by atoms with Crippen LogP contribution in [0, 0.1) is 0 Å². The normalized spacial score (nSPS) is 10.6. The smallest absolute Gasteiger partial charge is 0.321 e. The Balaban J connectivity index is 1.40. The molecule has 0 saturated carbocycles. The van der Waals surface area contributed by atoms with E-state index in [1.807, 2.05) is 30.3 Å². The fourth-order valence-electron chi connectivity index (χ4n) is 2.64. The Kier molecular flexibility index (Phi) is 6.53. The Morgan fingerprint density at radius 3 is 2.70 bits per heavy atom. The number of nitrogens with one attached hydrogen (secondary N) is 2. The fraction of sp³-hybridized carbons (Fsp3) is 0.263. The highest BCUT2D eigenvalue weighted by Gasteiger charge is 2.13. The lowest BCUT2D eigenvalue weighted by atomic mass is 10.2. The molecule has 156 valence electrons. The summed E-state index contributed by atoms with van der Waals surface area (Å²) < 4.78 is 7.58. The topological polar surface area (TPSA) is 137 Å². The van der Waals surface area contributed by atoms with Crippen molar-refractivity contribution < 1.29 is 19.1 Å². The number of benzene rings is 1. The van der Waals surface area contributed by atoms with Gasteiger partial charge in [-0.05, 0) is 5.56 Å². The van der Waals surface area contributed by atoms with Crippen LogP contribution < -0.4 is 16.2 Å². The van der Waals surface area contributed by atoms with Gasteiger partial charge in [-0.1, -0.05) is 30.3 Å². The first-order valence-corrected chi connectivity index (χ1v) is 9.08. The molecule has 0 aliphatic carbocycles. The average molecular weight is 412 g/mol. The van der Waals surface area contributed by atoms with Crippen LogP contribution >= 0.6 is 0 Å². The summed E-state index contributed by atoms with van der Waals surface area (Å²) in [6.07, 6.45) is 2.59. The molecule has 0 radical (unpaired) electrons. The van der Waals surface area contributed by atoms with Crippen molar-refractivity contribution in [1.29, 1.82) is 0 Å². The third kappa shape index (κ3) is 5.28. The van der Waals surface area contributed by atoms with Crippen molar-refractivity contribution in [2.24, 2.45) is 7.05 Å². The number of rotatable bonds is 7. The van der Waals surface area contributed by atoms with E-state index in [0.717, 1.165) is 5.56 Å². The van der Waals surface area contributed by atoms with Crippen LogP contribution in [-0.4, -0.2) is 43.8 Å². The SMILES string of the molecule is Cn1ncc2c(=O)n(CCC(=O)OCC(=O)NC(=O)NCc3ccccc3)cnc21. The monoisotopic (exact) mass is 412 g/mol. The van der Waals surface area contributed by atoms with Gasteiger partial charge in [0.05, 0.1) is 18.9 Å². The zero-order chi connectivity index (χ0) is 21.5. The van der Waals surface area contributed by atoms with E-state index in [-0.39, 0.29) is 25.1 Å². The molecule has 0 spiro atoms. The Labute approximate surface area is 170 Å². The lowest BCUT2D eigenvalue weighted by Gasteiger charge is -2.08. The molecule has 3 rings (SSSR count). The summed E-state index contributed by atoms with van der Waals surface area (Å²) in [6, 6.07) is 8.48. The van der Waals surface area contributed by atoms with Crippen LogP contribution in [0.25, 0.3) is 11.0 Å². The van der Waals surface area contributed by atoms with E-state index in [9.17, 15) is 19.2 Å². The van der Waals surface area contributed by atoms with Gasteiger partial charge in [-0.25, -0.2) is 9.78 Å². The number of imide groups is 1. The number of fused-ring (bicyclic) bond motifs is 1. The minimum absolute atomic E-state index is 0.0364. The molecule has 2 heterocycles. The van der Waals surface area contributed by atoms with Gasteiger partial charge in [0, 0.05) is 20.1 Å². The highest BCUT2D eigenvalue weighted by molar-refractivity contribution is 5.95. The number of hydrogen-bond donors (Lipinski definition) is 2. The summed E-state index contributed by atoms with van der Waals surface area (Å²) in [4.78, 5) is 51.7. The summed E-state index contributed by atoms with van der Waals surface area (Å²) in [6.45, 7) is -0.315. The van der Waals surface area contributed by atoms with Crippen molar-refractivity contribution in [3.63, 3.8) is 0 Å². The molecule has 0 aliphatic rings. The second kappa shape index (κ2) is 9.45. The van der Waals surface area contributed by atoms with Crippen LogP contribution in [0.15, 0.2) is 47.7 Å². The number of carbonyl (C=O) groups is 3. The molecule has 30 heavy (non-hydrogen) atoms. The molecule has 1 aromatic carbocycles. The molecule has 0 unspecified atom stereocenters. The summed E-state index contributed by atoms with van der Waals surface area (Å²) in [5.41, 5.74) is 0.996. The third-order valence-corrected chi connectivity index (χ3v) is 4.19. The van der Waals surface area contributed by atoms with E-state index in [2.05, 4.69) is 20.7 Å². The molecule has 0 saturated heterocycles. The first-order chi connectivity index (χ1) is 14.4. The van der Waals surface area contributed by atoms with Gasteiger partial charge < -0.3 is 10.1 Å². The van der Waals surface area contributed by atoms with Gasteiger partial charge in [-0.15, -0.1) is 0 Å². The van der Waals surface area contributed by atoms with E-state index in [4.69, 9.17) is 4.74 Å². The van der Waals surface area contributed by atoms with Gasteiger partial charge >= 0.3 is 12.0 Å². The summed E-state index contributed by atoms with van der Waals surface area (Å²) >= 11 is 0. The number of aromatic nitrogens is 4. The van der Waals surface area contributed by atoms with E-state index in [1.54, 1.807) is 7.05 Å². The quantitative estimate of drug-likeness (QED) is 0.525. The van der Waals surface area contributed by atoms with E-state index in [1.165, 1.54) is 21.8 Å². The molecule has 0 bridgehead atoms. The number of hydrogen-bond acceptors (Lipinski definition) is 7. The van der Waals surface area contributed by atoms with Gasteiger partial charge in [-0.2, -0.15) is 5.10 Å². The predicted octanol–water partition coefficient (Wildman–Crippen LogP) is 0.0893. The zero-order valence-corrected chi connectivity index (χ0v) is 16.2.